The summed E-state index contributed by atoms with van der Waals surface area (Å²) in [5, 5.41) is 6.72. The molecular formula is C17H20ClNS. The average molecular weight is 306 g/mol. The molecule has 1 aliphatic carbocycles. The maximum atomic E-state index is 6.17. The summed E-state index contributed by atoms with van der Waals surface area (Å²) in [7, 11) is 0. The molecule has 1 atom stereocenters. The molecule has 0 spiro atoms. The monoisotopic (exact) mass is 305 g/mol. The molecule has 20 heavy (non-hydrogen) atoms. The highest BCUT2D eigenvalue weighted by atomic mass is 35.5. The lowest BCUT2D eigenvalue weighted by atomic mass is 9.85. The van der Waals surface area contributed by atoms with Crippen molar-refractivity contribution in [3.63, 3.8) is 0 Å². The number of hydrogen-bond acceptors (Lipinski definition) is 2. The molecule has 0 aliphatic heterocycles. The van der Waals surface area contributed by atoms with Crippen LogP contribution in [0.25, 0.3) is 0 Å². The SMILES string of the molecule is CC1(C)Cc2ccc(Cl)cc2C1NCCc1cccs1. The second kappa shape index (κ2) is 5.51. The van der Waals surface area contributed by atoms with Crippen LogP contribution in [-0.2, 0) is 12.8 Å². The fraction of sp³-hybridized carbons (Fsp3) is 0.412. The third kappa shape index (κ3) is 2.78. The normalized spacial score (nSPS) is 20.1. The van der Waals surface area contributed by atoms with Crippen LogP contribution in [0.1, 0.15) is 35.9 Å². The van der Waals surface area contributed by atoms with Crippen LogP contribution in [0.5, 0.6) is 0 Å². The summed E-state index contributed by atoms with van der Waals surface area (Å²) in [6.45, 7) is 5.69. The van der Waals surface area contributed by atoms with Gasteiger partial charge in [-0.2, -0.15) is 0 Å². The highest BCUT2D eigenvalue weighted by Crippen LogP contribution is 2.45. The first-order valence-corrected chi connectivity index (χ1v) is 8.36. The first-order chi connectivity index (χ1) is 9.56. The first kappa shape index (κ1) is 14.1. The maximum absolute atomic E-state index is 6.17. The Morgan fingerprint density at radius 1 is 1.35 bits per heavy atom. The van der Waals surface area contributed by atoms with Crippen molar-refractivity contribution in [2.45, 2.75) is 32.7 Å². The summed E-state index contributed by atoms with van der Waals surface area (Å²) in [5.41, 5.74) is 3.07. The number of fused-ring (bicyclic) bond motifs is 1. The van der Waals surface area contributed by atoms with E-state index in [-0.39, 0.29) is 5.41 Å². The van der Waals surface area contributed by atoms with Gasteiger partial charge in [-0.05, 0) is 53.0 Å². The van der Waals surface area contributed by atoms with Crippen LogP contribution in [0.3, 0.4) is 0 Å². The van der Waals surface area contributed by atoms with Crippen LogP contribution >= 0.6 is 22.9 Å². The third-order valence-corrected chi connectivity index (χ3v) is 5.32. The molecule has 1 aliphatic rings. The Hall–Kier alpha value is -0.830. The summed E-state index contributed by atoms with van der Waals surface area (Å²) < 4.78 is 0. The van der Waals surface area contributed by atoms with Crippen LogP contribution in [0, 0.1) is 5.41 Å². The number of rotatable bonds is 4. The van der Waals surface area contributed by atoms with E-state index >= 15 is 0 Å². The lowest BCUT2D eigenvalue weighted by Gasteiger charge is -2.28. The van der Waals surface area contributed by atoms with Gasteiger partial charge < -0.3 is 5.32 Å². The van der Waals surface area contributed by atoms with Gasteiger partial charge in [0.05, 0.1) is 0 Å². The van der Waals surface area contributed by atoms with Crippen LogP contribution < -0.4 is 5.32 Å². The van der Waals surface area contributed by atoms with E-state index in [1.807, 2.05) is 17.4 Å². The van der Waals surface area contributed by atoms with E-state index in [0.29, 0.717) is 6.04 Å². The molecule has 0 saturated heterocycles. The third-order valence-electron chi connectivity index (χ3n) is 4.15. The number of nitrogens with one attached hydrogen (secondary N) is 1. The molecule has 3 rings (SSSR count). The highest BCUT2D eigenvalue weighted by Gasteiger charge is 2.38. The molecule has 2 aromatic rings. The van der Waals surface area contributed by atoms with Gasteiger partial charge in [0.2, 0.25) is 0 Å². The van der Waals surface area contributed by atoms with E-state index in [9.17, 15) is 0 Å². The van der Waals surface area contributed by atoms with Crippen LogP contribution in [0.4, 0.5) is 0 Å². The summed E-state index contributed by atoms with van der Waals surface area (Å²) in [4.78, 5) is 1.44. The van der Waals surface area contributed by atoms with Crippen molar-refractivity contribution in [2.24, 2.45) is 5.41 Å². The van der Waals surface area contributed by atoms with E-state index < -0.39 is 0 Å². The largest absolute Gasteiger partial charge is 0.309 e. The molecule has 0 fully saturated rings. The fourth-order valence-electron chi connectivity index (χ4n) is 3.19. The molecule has 0 amide bonds. The zero-order valence-electron chi connectivity index (χ0n) is 11.9. The van der Waals surface area contributed by atoms with Gasteiger partial charge in [0.1, 0.15) is 0 Å². The predicted molar refractivity (Wildman–Crippen MR) is 87.7 cm³/mol. The molecule has 3 heteroatoms. The van der Waals surface area contributed by atoms with E-state index in [1.165, 1.54) is 16.0 Å². The van der Waals surface area contributed by atoms with Crippen LogP contribution in [0.2, 0.25) is 5.02 Å². The first-order valence-electron chi connectivity index (χ1n) is 7.10. The Morgan fingerprint density at radius 2 is 2.20 bits per heavy atom. The summed E-state index contributed by atoms with van der Waals surface area (Å²) in [6, 6.07) is 11.0. The summed E-state index contributed by atoms with van der Waals surface area (Å²) in [6.07, 6.45) is 2.22. The van der Waals surface area contributed by atoms with Gasteiger partial charge in [0, 0.05) is 22.5 Å². The number of thiophene rings is 1. The van der Waals surface area contributed by atoms with Crippen molar-refractivity contribution in [1.29, 1.82) is 0 Å². The summed E-state index contributed by atoms with van der Waals surface area (Å²) in [5.74, 6) is 0. The average Bonchev–Trinajstić information content (AvgIpc) is 2.97. The Kier molecular flexibility index (Phi) is 3.89. The van der Waals surface area contributed by atoms with Gasteiger partial charge in [-0.15, -0.1) is 11.3 Å². The Labute approximate surface area is 130 Å². The lowest BCUT2D eigenvalue weighted by Crippen LogP contribution is -2.32. The van der Waals surface area contributed by atoms with E-state index in [4.69, 9.17) is 11.6 Å². The quantitative estimate of drug-likeness (QED) is 0.851. The number of hydrogen-bond donors (Lipinski definition) is 1. The van der Waals surface area contributed by atoms with Gasteiger partial charge in [-0.3, -0.25) is 0 Å². The number of benzene rings is 1. The second-order valence-corrected chi connectivity index (χ2v) is 7.69. The molecular weight excluding hydrogens is 286 g/mol. The standard InChI is InChI=1S/C17H20ClNS/c1-17(2)11-12-5-6-13(18)10-15(12)16(17)19-8-7-14-4-3-9-20-14/h3-6,9-10,16,19H,7-8,11H2,1-2H3. The molecule has 1 unspecified atom stereocenters. The smallest absolute Gasteiger partial charge is 0.0409 e. The van der Waals surface area contributed by atoms with Gasteiger partial charge in [0.25, 0.3) is 0 Å². The molecule has 1 aromatic heterocycles. The Balaban J connectivity index is 1.73. The van der Waals surface area contributed by atoms with E-state index in [1.54, 1.807) is 0 Å². The minimum atomic E-state index is 0.252. The highest BCUT2D eigenvalue weighted by molar-refractivity contribution is 7.09. The van der Waals surface area contributed by atoms with Gasteiger partial charge in [-0.1, -0.05) is 37.6 Å². The van der Waals surface area contributed by atoms with Gasteiger partial charge in [-0.25, -0.2) is 0 Å². The molecule has 1 heterocycles. The van der Waals surface area contributed by atoms with Crippen molar-refractivity contribution >= 4 is 22.9 Å². The number of halogens is 1. The molecule has 0 radical (unpaired) electrons. The van der Waals surface area contributed by atoms with Crippen LogP contribution in [0.15, 0.2) is 35.7 Å². The molecule has 0 bridgehead atoms. The van der Waals surface area contributed by atoms with Gasteiger partial charge in [0.15, 0.2) is 0 Å². The van der Waals surface area contributed by atoms with E-state index in [0.717, 1.165) is 24.4 Å². The molecule has 1 nitrogen and oxygen atoms in total. The van der Waals surface area contributed by atoms with Crippen molar-refractivity contribution in [2.75, 3.05) is 6.54 Å². The van der Waals surface area contributed by atoms with Crippen molar-refractivity contribution in [3.05, 3.63) is 56.7 Å². The Bertz CT molecular complexity index is 589. The lowest BCUT2D eigenvalue weighted by molar-refractivity contribution is 0.271. The molecule has 0 saturated carbocycles. The van der Waals surface area contributed by atoms with Crippen molar-refractivity contribution < 1.29 is 0 Å². The van der Waals surface area contributed by atoms with Crippen molar-refractivity contribution in [1.82, 2.24) is 5.32 Å². The molecule has 1 aromatic carbocycles. The predicted octanol–water partition coefficient (Wildman–Crippen LogP) is 4.86. The minimum Gasteiger partial charge on any atom is -0.309 e. The zero-order chi connectivity index (χ0) is 14.2. The molecule has 1 N–H and O–H groups in total. The summed E-state index contributed by atoms with van der Waals surface area (Å²) >= 11 is 8.00. The van der Waals surface area contributed by atoms with E-state index in [2.05, 4.69) is 48.8 Å². The maximum Gasteiger partial charge on any atom is 0.0409 e. The van der Waals surface area contributed by atoms with Crippen LogP contribution in [-0.4, -0.2) is 6.54 Å². The fourth-order valence-corrected chi connectivity index (χ4v) is 4.08. The Morgan fingerprint density at radius 3 is 2.95 bits per heavy atom. The zero-order valence-corrected chi connectivity index (χ0v) is 13.5. The van der Waals surface area contributed by atoms with Crippen molar-refractivity contribution in [3.8, 4) is 0 Å². The minimum absolute atomic E-state index is 0.252. The van der Waals surface area contributed by atoms with Gasteiger partial charge >= 0.3 is 0 Å². The molecule has 106 valence electrons. The second-order valence-electron chi connectivity index (χ2n) is 6.22. The topological polar surface area (TPSA) is 12.0 Å².